The molecule has 21 heavy (non-hydrogen) atoms. The van der Waals surface area contributed by atoms with Crippen LogP contribution in [0.2, 0.25) is 0 Å². The Morgan fingerprint density at radius 1 is 1.24 bits per heavy atom. The van der Waals surface area contributed by atoms with E-state index >= 15 is 0 Å². The van der Waals surface area contributed by atoms with Gasteiger partial charge in [0.1, 0.15) is 6.61 Å². The van der Waals surface area contributed by atoms with Crippen molar-refractivity contribution in [3.05, 3.63) is 29.8 Å². The highest BCUT2D eigenvalue weighted by atomic mass is 32.2. The highest BCUT2D eigenvalue weighted by Gasteiger charge is 2.32. The normalized spacial score (nSPS) is 17.8. The van der Waals surface area contributed by atoms with Crippen LogP contribution in [0.1, 0.15) is 44.6 Å². The van der Waals surface area contributed by atoms with Crippen LogP contribution in [0.25, 0.3) is 0 Å². The molecule has 0 heterocycles. The van der Waals surface area contributed by atoms with Crippen LogP contribution in [-0.2, 0) is 10.0 Å². The Labute approximate surface area is 126 Å². The number of rotatable bonds is 3. The van der Waals surface area contributed by atoms with Gasteiger partial charge in [-0.25, -0.2) is 13.1 Å². The van der Waals surface area contributed by atoms with Crippen molar-refractivity contribution in [2.45, 2.75) is 49.5 Å². The fraction of sp³-hybridized carbons (Fsp3) is 0.500. The fourth-order valence-corrected chi connectivity index (χ4v) is 4.38. The van der Waals surface area contributed by atoms with Gasteiger partial charge in [-0.05, 0) is 31.9 Å². The van der Waals surface area contributed by atoms with Crippen LogP contribution in [0.4, 0.5) is 0 Å². The molecule has 0 aromatic heterocycles. The van der Waals surface area contributed by atoms with Crippen molar-refractivity contribution in [3.8, 4) is 11.8 Å². The molecule has 0 bridgehead atoms. The summed E-state index contributed by atoms with van der Waals surface area (Å²) in [5.74, 6) is 5.20. The van der Waals surface area contributed by atoms with Gasteiger partial charge >= 0.3 is 0 Å². The Morgan fingerprint density at radius 3 is 2.57 bits per heavy atom. The fourth-order valence-electron chi connectivity index (χ4n) is 2.75. The van der Waals surface area contributed by atoms with E-state index in [1.165, 1.54) is 0 Å². The molecule has 1 saturated carbocycles. The zero-order valence-electron chi connectivity index (χ0n) is 12.2. The molecule has 0 atom stereocenters. The number of aliphatic hydroxyl groups is 1. The summed E-state index contributed by atoms with van der Waals surface area (Å²) in [5.41, 5.74) is 0.0349. The number of nitrogens with one attached hydrogen (secondary N) is 1. The van der Waals surface area contributed by atoms with E-state index in [1.807, 2.05) is 6.92 Å². The molecule has 1 aromatic carbocycles. The maximum absolute atomic E-state index is 12.6. The molecule has 1 aliphatic rings. The smallest absolute Gasteiger partial charge is 0.242 e. The zero-order valence-corrected chi connectivity index (χ0v) is 13.0. The van der Waals surface area contributed by atoms with Gasteiger partial charge in [0.15, 0.2) is 0 Å². The molecule has 2 rings (SSSR count). The SMILES string of the molecule is CC1(NS(=O)(=O)c2ccccc2C#CCO)CCCCC1. The largest absolute Gasteiger partial charge is 0.384 e. The summed E-state index contributed by atoms with van der Waals surface area (Å²) in [6.07, 6.45) is 4.97. The molecule has 1 aromatic rings. The summed E-state index contributed by atoms with van der Waals surface area (Å²) in [7, 11) is -3.61. The number of aliphatic hydroxyl groups excluding tert-OH is 1. The lowest BCUT2D eigenvalue weighted by Crippen LogP contribution is -2.47. The van der Waals surface area contributed by atoms with E-state index in [1.54, 1.807) is 24.3 Å². The Kier molecular flexibility index (Phi) is 5.04. The van der Waals surface area contributed by atoms with Crippen LogP contribution >= 0.6 is 0 Å². The molecule has 1 fully saturated rings. The van der Waals surface area contributed by atoms with E-state index in [0.717, 1.165) is 32.1 Å². The molecule has 0 radical (unpaired) electrons. The average Bonchev–Trinajstić information content (AvgIpc) is 2.45. The quantitative estimate of drug-likeness (QED) is 0.840. The van der Waals surface area contributed by atoms with Crippen LogP contribution < -0.4 is 4.72 Å². The molecule has 5 heteroatoms. The minimum Gasteiger partial charge on any atom is -0.384 e. The number of hydrogen-bond acceptors (Lipinski definition) is 3. The van der Waals surface area contributed by atoms with Crippen molar-refractivity contribution in [3.63, 3.8) is 0 Å². The first-order chi connectivity index (χ1) is 9.97. The van der Waals surface area contributed by atoms with Gasteiger partial charge in [0.05, 0.1) is 4.90 Å². The third-order valence-electron chi connectivity index (χ3n) is 3.82. The minimum atomic E-state index is -3.61. The van der Waals surface area contributed by atoms with E-state index in [0.29, 0.717) is 5.56 Å². The molecular weight excluding hydrogens is 286 g/mol. The van der Waals surface area contributed by atoms with Crippen molar-refractivity contribution >= 4 is 10.0 Å². The number of benzene rings is 1. The minimum absolute atomic E-state index is 0.178. The zero-order chi connectivity index (χ0) is 15.3. The topological polar surface area (TPSA) is 66.4 Å². The van der Waals surface area contributed by atoms with E-state index in [2.05, 4.69) is 16.6 Å². The van der Waals surface area contributed by atoms with Gasteiger partial charge in [-0.2, -0.15) is 0 Å². The molecule has 1 aliphatic carbocycles. The Morgan fingerprint density at radius 2 is 1.90 bits per heavy atom. The predicted octanol–water partition coefficient (Wildman–Crippen LogP) is 2.03. The first-order valence-electron chi connectivity index (χ1n) is 7.20. The second kappa shape index (κ2) is 6.61. The lowest BCUT2D eigenvalue weighted by atomic mass is 9.84. The molecule has 2 N–H and O–H groups in total. The highest BCUT2D eigenvalue weighted by Crippen LogP contribution is 2.29. The van der Waals surface area contributed by atoms with Crippen molar-refractivity contribution < 1.29 is 13.5 Å². The van der Waals surface area contributed by atoms with Crippen molar-refractivity contribution in [2.24, 2.45) is 0 Å². The van der Waals surface area contributed by atoms with Crippen LogP contribution in [0, 0.1) is 11.8 Å². The molecule has 0 aliphatic heterocycles. The summed E-state index contributed by atoms with van der Waals surface area (Å²) in [6, 6.07) is 6.63. The Balaban J connectivity index is 2.31. The molecule has 0 amide bonds. The lowest BCUT2D eigenvalue weighted by Gasteiger charge is -2.34. The van der Waals surface area contributed by atoms with E-state index in [9.17, 15) is 8.42 Å². The van der Waals surface area contributed by atoms with Gasteiger partial charge in [-0.3, -0.25) is 0 Å². The first-order valence-corrected chi connectivity index (χ1v) is 8.68. The van der Waals surface area contributed by atoms with Gasteiger partial charge in [0, 0.05) is 11.1 Å². The Hall–Kier alpha value is -1.35. The Bertz CT molecular complexity index is 650. The summed E-state index contributed by atoms with van der Waals surface area (Å²) >= 11 is 0. The summed E-state index contributed by atoms with van der Waals surface area (Å²) in [6.45, 7) is 1.67. The predicted molar refractivity (Wildman–Crippen MR) is 82.2 cm³/mol. The molecule has 0 unspecified atom stereocenters. The molecule has 114 valence electrons. The van der Waals surface area contributed by atoms with Gasteiger partial charge in [0.25, 0.3) is 0 Å². The molecule has 4 nitrogen and oxygen atoms in total. The van der Waals surface area contributed by atoms with Crippen LogP contribution in [0.3, 0.4) is 0 Å². The lowest BCUT2D eigenvalue weighted by molar-refractivity contribution is 0.294. The summed E-state index contributed by atoms with van der Waals surface area (Å²) < 4.78 is 28.1. The van der Waals surface area contributed by atoms with Gasteiger partial charge < -0.3 is 5.11 Å². The average molecular weight is 307 g/mol. The van der Waals surface area contributed by atoms with Crippen LogP contribution in [0.5, 0.6) is 0 Å². The van der Waals surface area contributed by atoms with E-state index < -0.39 is 10.0 Å². The number of hydrogen-bond donors (Lipinski definition) is 2. The second-order valence-electron chi connectivity index (χ2n) is 5.68. The van der Waals surface area contributed by atoms with E-state index in [4.69, 9.17) is 5.11 Å². The highest BCUT2D eigenvalue weighted by molar-refractivity contribution is 7.89. The van der Waals surface area contributed by atoms with Crippen molar-refractivity contribution in [1.82, 2.24) is 4.72 Å². The third-order valence-corrected chi connectivity index (χ3v) is 5.51. The molecule has 0 saturated heterocycles. The monoisotopic (exact) mass is 307 g/mol. The van der Waals surface area contributed by atoms with E-state index in [-0.39, 0.29) is 17.0 Å². The summed E-state index contributed by atoms with van der Waals surface area (Å²) in [5, 5.41) is 8.78. The molecular formula is C16H21NO3S. The van der Waals surface area contributed by atoms with Gasteiger partial charge in [-0.15, -0.1) is 0 Å². The van der Waals surface area contributed by atoms with Gasteiger partial charge in [0.2, 0.25) is 10.0 Å². The maximum atomic E-state index is 12.6. The van der Waals surface area contributed by atoms with Gasteiger partial charge in [-0.1, -0.05) is 43.2 Å². The van der Waals surface area contributed by atoms with Crippen LogP contribution in [-0.4, -0.2) is 25.7 Å². The third kappa shape index (κ3) is 4.07. The second-order valence-corrected chi connectivity index (χ2v) is 7.33. The standard InChI is InChI=1S/C16H21NO3S/c1-16(11-5-2-6-12-16)17-21(19,20)15-10-4-3-8-14(15)9-7-13-18/h3-4,8,10,17-18H,2,5-6,11-13H2,1H3. The van der Waals surface area contributed by atoms with Crippen LogP contribution in [0.15, 0.2) is 29.2 Å². The molecule has 0 spiro atoms. The van der Waals surface area contributed by atoms with Crippen molar-refractivity contribution in [2.75, 3.05) is 6.61 Å². The summed E-state index contributed by atoms with van der Waals surface area (Å²) in [4.78, 5) is 0.178. The first kappa shape index (κ1) is 16.0. The number of sulfonamides is 1. The van der Waals surface area contributed by atoms with Crippen molar-refractivity contribution in [1.29, 1.82) is 0 Å². The maximum Gasteiger partial charge on any atom is 0.242 e.